The molecule has 92 valence electrons. The minimum absolute atomic E-state index is 0.0634. The second-order valence-electron chi connectivity index (χ2n) is 3.98. The van der Waals surface area contributed by atoms with Crippen molar-refractivity contribution in [1.29, 1.82) is 0 Å². The highest BCUT2D eigenvalue weighted by Crippen LogP contribution is 2.20. The minimum atomic E-state index is -0.0634. The molecule has 0 aliphatic heterocycles. The molecule has 0 saturated heterocycles. The zero-order valence-electron chi connectivity index (χ0n) is 10.1. The Hall–Kier alpha value is -1.36. The first-order chi connectivity index (χ1) is 8.70. The van der Waals surface area contributed by atoms with E-state index in [1.54, 1.807) is 0 Å². The van der Waals surface area contributed by atoms with Crippen LogP contribution < -0.4 is 5.32 Å². The molecule has 0 spiro atoms. The van der Waals surface area contributed by atoms with Gasteiger partial charge in [0.25, 0.3) is 5.91 Å². The fraction of sp³-hybridized carbons (Fsp3) is 0.133. The monoisotopic (exact) mass is 351 g/mol. The number of hydrogen-bond acceptors (Lipinski definition) is 1. The number of halogens is 1. The molecule has 18 heavy (non-hydrogen) atoms. The lowest BCUT2D eigenvalue weighted by molar-refractivity contribution is 0.102. The minimum Gasteiger partial charge on any atom is -0.322 e. The van der Waals surface area contributed by atoms with Gasteiger partial charge in [-0.3, -0.25) is 4.79 Å². The first-order valence-corrected chi connectivity index (χ1v) is 6.93. The summed E-state index contributed by atoms with van der Waals surface area (Å²) in [6.07, 6.45) is 0.904. The highest BCUT2D eigenvalue weighted by atomic mass is 127. The molecule has 0 aliphatic carbocycles. The maximum Gasteiger partial charge on any atom is 0.255 e. The predicted molar refractivity (Wildman–Crippen MR) is 82.9 cm³/mol. The second-order valence-corrected chi connectivity index (χ2v) is 5.22. The molecule has 2 rings (SSSR count). The third-order valence-corrected chi connectivity index (χ3v) is 3.40. The summed E-state index contributed by atoms with van der Waals surface area (Å²) in [6, 6.07) is 15.3. The summed E-state index contributed by atoms with van der Waals surface area (Å²) >= 11 is 2.28. The fourth-order valence-electron chi connectivity index (χ4n) is 1.76. The Labute approximate surface area is 121 Å². The Morgan fingerprint density at radius 2 is 1.89 bits per heavy atom. The number of benzene rings is 2. The van der Waals surface area contributed by atoms with Crippen LogP contribution in [0.25, 0.3) is 0 Å². The Bertz CT molecular complexity index is 552. The molecule has 0 saturated carbocycles. The summed E-state index contributed by atoms with van der Waals surface area (Å²) in [5.41, 5.74) is 2.73. The van der Waals surface area contributed by atoms with Crippen LogP contribution in [0.1, 0.15) is 22.8 Å². The number of hydrogen-bond donors (Lipinski definition) is 1. The van der Waals surface area contributed by atoms with Crippen LogP contribution in [0.3, 0.4) is 0 Å². The van der Waals surface area contributed by atoms with E-state index in [-0.39, 0.29) is 5.91 Å². The Balaban J connectivity index is 2.22. The van der Waals surface area contributed by atoms with Crippen LogP contribution in [0, 0.1) is 3.57 Å². The molecule has 0 aliphatic rings. The number of rotatable bonds is 3. The van der Waals surface area contributed by atoms with Crippen molar-refractivity contribution in [3.05, 3.63) is 63.2 Å². The van der Waals surface area contributed by atoms with Crippen molar-refractivity contribution in [2.45, 2.75) is 13.3 Å². The molecule has 2 nitrogen and oxygen atoms in total. The van der Waals surface area contributed by atoms with Crippen LogP contribution in [-0.2, 0) is 6.42 Å². The molecule has 1 amide bonds. The lowest BCUT2D eigenvalue weighted by Gasteiger charge is -2.10. The van der Waals surface area contributed by atoms with Crippen molar-refractivity contribution in [3.8, 4) is 0 Å². The summed E-state index contributed by atoms with van der Waals surface area (Å²) in [5.74, 6) is -0.0634. The standard InChI is InChI=1S/C15H14INO/c1-2-11-10-13(16)8-9-14(11)17-15(18)12-6-4-3-5-7-12/h3-10H,2H2,1H3,(H,17,18). The molecule has 2 aromatic carbocycles. The molecular weight excluding hydrogens is 337 g/mol. The fourth-order valence-corrected chi connectivity index (χ4v) is 2.32. The highest BCUT2D eigenvalue weighted by molar-refractivity contribution is 14.1. The van der Waals surface area contributed by atoms with Crippen LogP contribution in [0.2, 0.25) is 0 Å². The van der Waals surface area contributed by atoms with Gasteiger partial charge in [-0.25, -0.2) is 0 Å². The average molecular weight is 351 g/mol. The molecule has 0 bridgehead atoms. The van der Waals surface area contributed by atoms with E-state index in [4.69, 9.17) is 0 Å². The van der Waals surface area contributed by atoms with Gasteiger partial charge in [-0.05, 0) is 64.9 Å². The largest absolute Gasteiger partial charge is 0.322 e. The molecule has 3 heteroatoms. The third kappa shape index (κ3) is 3.10. The summed E-state index contributed by atoms with van der Waals surface area (Å²) in [7, 11) is 0. The van der Waals surface area contributed by atoms with Gasteiger partial charge in [0.15, 0.2) is 0 Å². The van der Waals surface area contributed by atoms with E-state index >= 15 is 0 Å². The van der Waals surface area contributed by atoms with E-state index in [0.717, 1.165) is 17.7 Å². The highest BCUT2D eigenvalue weighted by Gasteiger charge is 2.08. The zero-order chi connectivity index (χ0) is 13.0. The smallest absolute Gasteiger partial charge is 0.255 e. The van der Waals surface area contributed by atoms with Crippen molar-refractivity contribution in [2.75, 3.05) is 5.32 Å². The van der Waals surface area contributed by atoms with Gasteiger partial charge >= 0.3 is 0 Å². The van der Waals surface area contributed by atoms with E-state index in [9.17, 15) is 4.79 Å². The zero-order valence-corrected chi connectivity index (χ0v) is 12.3. The summed E-state index contributed by atoms with van der Waals surface area (Å²) in [5, 5.41) is 2.96. The first-order valence-electron chi connectivity index (χ1n) is 5.85. The first kappa shape index (κ1) is 13.1. The number of anilines is 1. The van der Waals surface area contributed by atoms with E-state index in [0.29, 0.717) is 5.56 Å². The number of carbonyl (C=O) groups excluding carboxylic acids is 1. The van der Waals surface area contributed by atoms with Gasteiger partial charge < -0.3 is 5.32 Å². The van der Waals surface area contributed by atoms with Crippen LogP contribution in [0.15, 0.2) is 48.5 Å². The molecule has 0 heterocycles. The van der Waals surface area contributed by atoms with Crippen molar-refractivity contribution in [2.24, 2.45) is 0 Å². The molecule has 0 fully saturated rings. The van der Waals surface area contributed by atoms with Gasteiger partial charge in [0.05, 0.1) is 0 Å². The summed E-state index contributed by atoms with van der Waals surface area (Å²) in [6.45, 7) is 2.09. The molecule has 0 atom stereocenters. The summed E-state index contributed by atoms with van der Waals surface area (Å²) in [4.78, 5) is 12.1. The third-order valence-electron chi connectivity index (χ3n) is 2.73. The van der Waals surface area contributed by atoms with Gasteiger partial charge in [0.2, 0.25) is 0 Å². The molecule has 0 unspecified atom stereocenters. The summed E-state index contributed by atoms with van der Waals surface area (Å²) < 4.78 is 1.18. The lowest BCUT2D eigenvalue weighted by Crippen LogP contribution is -2.13. The van der Waals surface area contributed by atoms with Gasteiger partial charge in [-0.2, -0.15) is 0 Å². The van der Waals surface area contributed by atoms with E-state index in [2.05, 4.69) is 40.9 Å². The van der Waals surface area contributed by atoms with Crippen molar-refractivity contribution in [3.63, 3.8) is 0 Å². The SMILES string of the molecule is CCc1cc(I)ccc1NC(=O)c1ccccc1. The Morgan fingerprint density at radius 1 is 1.17 bits per heavy atom. The van der Waals surface area contributed by atoms with E-state index in [1.807, 2.05) is 42.5 Å². The quantitative estimate of drug-likeness (QED) is 0.829. The topological polar surface area (TPSA) is 29.1 Å². The molecular formula is C15H14INO. The molecule has 0 aromatic heterocycles. The normalized spacial score (nSPS) is 10.1. The van der Waals surface area contributed by atoms with Gasteiger partial charge in [-0.1, -0.05) is 25.1 Å². The Morgan fingerprint density at radius 3 is 2.56 bits per heavy atom. The molecule has 0 radical (unpaired) electrons. The lowest BCUT2D eigenvalue weighted by atomic mass is 10.1. The van der Waals surface area contributed by atoms with Crippen LogP contribution in [0.5, 0.6) is 0 Å². The van der Waals surface area contributed by atoms with Gasteiger partial charge in [0, 0.05) is 14.8 Å². The second kappa shape index (κ2) is 6.00. The number of aryl methyl sites for hydroxylation is 1. The van der Waals surface area contributed by atoms with Crippen molar-refractivity contribution >= 4 is 34.2 Å². The molecule has 1 N–H and O–H groups in total. The van der Waals surface area contributed by atoms with Crippen molar-refractivity contribution in [1.82, 2.24) is 0 Å². The van der Waals surface area contributed by atoms with Crippen LogP contribution in [0.4, 0.5) is 5.69 Å². The number of nitrogens with one attached hydrogen (secondary N) is 1. The predicted octanol–water partition coefficient (Wildman–Crippen LogP) is 4.11. The van der Waals surface area contributed by atoms with Gasteiger partial charge in [0.1, 0.15) is 0 Å². The van der Waals surface area contributed by atoms with E-state index < -0.39 is 0 Å². The van der Waals surface area contributed by atoms with E-state index in [1.165, 1.54) is 3.57 Å². The average Bonchev–Trinajstić information content (AvgIpc) is 2.41. The molecule has 2 aromatic rings. The maximum atomic E-state index is 12.1. The number of amides is 1. The van der Waals surface area contributed by atoms with Gasteiger partial charge in [-0.15, -0.1) is 0 Å². The number of carbonyl (C=O) groups is 1. The van der Waals surface area contributed by atoms with Crippen LogP contribution in [-0.4, -0.2) is 5.91 Å². The Kier molecular flexibility index (Phi) is 4.36. The van der Waals surface area contributed by atoms with Crippen LogP contribution >= 0.6 is 22.6 Å². The van der Waals surface area contributed by atoms with Crippen molar-refractivity contribution < 1.29 is 4.79 Å². The maximum absolute atomic E-state index is 12.1.